The number of benzene rings is 2. The van der Waals surface area contributed by atoms with Gasteiger partial charge in [-0.05, 0) is 60.4 Å². The van der Waals surface area contributed by atoms with E-state index in [0.29, 0.717) is 48.1 Å². The standard InChI is InChI=1S/C38H41N11O8/c50-18-27-35(55)49(38(57)44-27)29-14-28(31(53)32(29)54)48-19-41-30-33(40-16-26(20-3-7-24(51)8-4-20)21-5-9-25(52)10-6-21)45-36(46-34(30)48)47-13-11-23(17-47)43-37(56)42-22-2-1-12-39-15-22/h1-10,12,15,19,23,26-29,31-32,50-54H,11,13-14,16-18H2,(H,44,57)(H,40,45,46)(H2,42,43,56)/t23?,27-,28-,29+,31+,32-/m1/s1. The molecule has 19 nitrogen and oxygen atoms in total. The fourth-order valence-corrected chi connectivity index (χ4v) is 7.81. The lowest BCUT2D eigenvalue weighted by Crippen LogP contribution is -2.47. The molecular formula is C38H41N11O8. The summed E-state index contributed by atoms with van der Waals surface area (Å²) in [4.78, 5) is 59.8. The second-order valence-corrected chi connectivity index (χ2v) is 14.3. The smallest absolute Gasteiger partial charge is 0.325 e. The van der Waals surface area contributed by atoms with Gasteiger partial charge in [0.25, 0.3) is 5.91 Å². The third kappa shape index (κ3) is 7.42. The largest absolute Gasteiger partial charge is 0.508 e. The van der Waals surface area contributed by atoms with Gasteiger partial charge in [-0.1, -0.05) is 24.3 Å². The first kappa shape index (κ1) is 37.4. The van der Waals surface area contributed by atoms with Crippen LogP contribution < -0.4 is 26.2 Å². The zero-order valence-electron chi connectivity index (χ0n) is 30.4. The normalized spacial score (nSPS) is 23.4. The number of aliphatic hydroxyl groups excluding tert-OH is 3. The molecule has 0 bridgehead atoms. The van der Waals surface area contributed by atoms with Crippen LogP contribution in [-0.4, -0.2) is 129 Å². The molecule has 2 aromatic carbocycles. The van der Waals surface area contributed by atoms with Crippen LogP contribution in [0.1, 0.15) is 35.9 Å². The minimum atomic E-state index is -1.50. The van der Waals surface area contributed by atoms with E-state index in [0.717, 1.165) is 16.0 Å². The molecule has 57 heavy (non-hydrogen) atoms. The van der Waals surface area contributed by atoms with Gasteiger partial charge < -0.3 is 56.3 Å². The van der Waals surface area contributed by atoms with Gasteiger partial charge in [-0.3, -0.25) is 14.7 Å². The first-order valence-corrected chi connectivity index (χ1v) is 18.5. The summed E-state index contributed by atoms with van der Waals surface area (Å²) < 4.78 is 1.60. The molecule has 3 aromatic heterocycles. The van der Waals surface area contributed by atoms with Crippen molar-refractivity contribution in [2.45, 2.75) is 55.1 Å². The van der Waals surface area contributed by atoms with Crippen molar-refractivity contribution in [3.63, 3.8) is 0 Å². The number of hydrogen-bond acceptors (Lipinski definition) is 14. The molecule has 1 saturated carbocycles. The minimum Gasteiger partial charge on any atom is -0.508 e. The van der Waals surface area contributed by atoms with Gasteiger partial charge in [0.2, 0.25) is 5.95 Å². The summed E-state index contributed by atoms with van der Waals surface area (Å²) in [5, 5.41) is 63.8. The molecule has 5 amide bonds. The number of aromatic hydroxyl groups is 2. The maximum absolute atomic E-state index is 13.0. The average molecular weight is 780 g/mol. The van der Waals surface area contributed by atoms with E-state index in [4.69, 9.17) is 9.97 Å². The van der Waals surface area contributed by atoms with Crippen LogP contribution in [0.5, 0.6) is 11.5 Å². The molecular weight excluding hydrogens is 738 g/mol. The number of rotatable bonds is 11. The van der Waals surface area contributed by atoms with Crippen molar-refractivity contribution in [1.82, 2.24) is 40.0 Å². The molecule has 296 valence electrons. The number of pyridine rings is 1. The van der Waals surface area contributed by atoms with E-state index in [2.05, 4.69) is 31.2 Å². The van der Waals surface area contributed by atoms with Crippen LogP contribution in [0.2, 0.25) is 0 Å². The summed E-state index contributed by atoms with van der Waals surface area (Å²) in [6.45, 7) is 0.539. The number of amides is 5. The zero-order valence-corrected chi connectivity index (χ0v) is 30.4. The van der Waals surface area contributed by atoms with E-state index in [1.807, 2.05) is 29.2 Å². The first-order valence-electron chi connectivity index (χ1n) is 18.5. The fourth-order valence-electron chi connectivity index (χ4n) is 7.81. The number of imidazole rings is 1. The van der Waals surface area contributed by atoms with E-state index in [9.17, 15) is 39.9 Å². The van der Waals surface area contributed by atoms with Crippen LogP contribution >= 0.6 is 0 Å². The number of anilines is 3. The van der Waals surface area contributed by atoms with Crippen molar-refractivity contribution in [3.05, 3.63) is 90.5 Å². The molecule has 19 heteroatoms. The summed E-state index contributed by atoms with van der Waals surface area (Å²) in [7, 11) is 0. The van der Waals surface area contributed by atoms with E-state index >= 15 is 0 Å². The van der Waals surface area contributed by atoms with Gasteiger partial charge in [0.15, 0.2) is 17.0 Å². The quantitative estimate of drug-likeness (QED) is 0.0855. The molecule has 3 aliphatic rings. The maximum atomic E-state index is 13.0. The predicted octanol–water partition coefficient (Wildman–Crippen LogP) is 1.22. The number of imide groups is 1. The number of aliphatic hydroxyl groups is 3. The molecule has 8 rings (SSSR count). The zero-order chi connectivity index (χ0) is 39.8. The number of carbonyl (C=O) groups excluding carboxylic acids is 3. The number of phenols is 2. The molecule has 1 unspecified atom stereocenters. The molecule has 6 atom stereocenters. The summed E-state index contributed by atoms with van der Waals surface area (Å²) in [6, 6.07) is 12.5. The Kier molecular flexibility index (Phi) is 10.2. The van der Waals surface area contributed by atoms with Gasteiger partial charge in [-0.2, -0.15) is 9.97 Å². The minimum absolute atomic E-state index is 0.0290. The van der Waals surface area contributed by atoms with Crippen molar-refractivity contribution in [2.75, 3.05) is 41.8 Å². The summed E-state index contributed by atoms with van der Waals surface area (Å²) >= 11 is 0. The number of nitrogens with one attached hydrogen (secondary N) is 4. The highest BCUT2D eigenvalue weighted by molar-refractivity contribution is 6.04. The first-order chi connectivity index (χ1) is 27.6. The van der Waals surface area contributed by atoms with Crippen LogP contribution in [-0.2, 0) is 4.79 Å². The van der Waals surface area contributed by atoms with Crippen molar-refractivity contribution >= 4 is 46.6 Å². The summed E-state index contributed by atoms with van der Waals surface area (Å²) in [6.07, 6.45) is 2.25. The van der Waals surface area contributed by atoms with E-state index in [1.54, 1.807) is 53.4 Å². The van der Waals surface area contributed by atoms with Gasteiger partial charge in [0.1, 0.15) is 29.7 Å². The third-order valence-electron chi connectivity index (χ3n) is 10.7. The molecule has 5 aromatic rings. The lowest BCUT2D eigenvalue weighted by atomic mass is 9.91. The number of urea groups is 2. The molecule has 0 spiro atoms. The Bertz CT molecular complexity index is 2210. The second kappa shape index (κ2) is 15.5. The predicted molar refractivity (Wildman–Crippen MR) is 205 cm³/mol. The van der Waals surface area contributed by atoms with Gasteiger partial charge in [-0.15, -0.1) is 0 Å². The highest BCUT2D eigenvalue weighted by Gasteiger charge is 2.52. The van der Waals surface area contributed by atoms with E-state index in [-0.39, 0.29) is 42.5 Å². The lowest BCUT2D eigenvalue weighted by molar-refractivity contribution is -0.131. The van der Waals surface area contributed by atoms with Gasteiger partial charge in [0, 0.05) is 37.8 Å². The Balaban J connectivity index is 1.11. The van der Waals surface area contributed by atoms with Crippen LogP contribution in [0.15, 0.2) is 79.4 Å². The van der Waals surface area contributed by atoms with Crippen molar-refractivity contribution in [2.24, 2.45) is 0 Å². The fraction of sp³-hybridized carbons (Fsp3) is 0.342. The second-order valence-electron chi connectivity index (χ2n) is 14.3. The summed E-state index contributed by atoms with van der Waals surface area (Å²) in [5.74, 6) is -0.0954. The van der Waals surface area contributed by atoms with Gasteiger partial charge >= 0.3 is 12.1 Å². The SMILES string of the molecule is O=C(Nc1cccnc1)NC1CCN(c2nc(NCC(c3ccc(O)cc3)c3ccc(O)cc3)c3ncn([C@@H]4C[C@H](N5C(=O)N[C@H](CO)C5=O)[C@@H](O)[C@H]4O)c3n2)C1. The lowest BCUT2D eigenvalue weighted by Gasteiger charge is -2.24. The Morgan fingerprint density at radius 3 is 2.30 bits per heavy atom. The number of aromatic nitrogens is 5. The van der Waals surface area contributed by atoms with Crippen molar-refractivity contribution < 1.29 is 39.9 Å². The molecule has 2 aliphatic heterocycles. The van der Waals surface area contributed by atoms with E-state index in [1.165, 1.54) is 6.33 Å². The Labute approximate surface area is 325 Å². The number of hydrogen-bond donors (Lipinski definition) is 9. The molecule has 2 saturated heterocycles. The van der Waals surface area contributed by atoms with Gasteiger partial charge in [-0.25, -0.2) is 14.6 Å². The number of carbonyl (C=O) groups is 3. The molecule has 1 aliphatic carbocycles. The number of fused-ring (bicyclic) bond motifs is 1. The maximum Gasteiger partial charge on any atom is 0.325 e. The van der Waals surface area contributed by atoms with Crippen molar-refractivity contribution in [1.29, 1.82) is 0 Å². The molecule has 3 fully saturated rings. The van der Waals surface area contributed by atoms with Crippen LogP contribution in [0.3, 0.4) is 0 Å². The average Bonchev–Trinajstić information content (AvgIpc) is 3.98. The monoisotopic (exact) mass is 779 g/mol. The van der Waals surface area contributed by atoms with Crippen LogP contribution in [0, 0.1) is 0 Å². The topological polar surface area (TPSA) is 263 Å². The highest BCUT2D eigenvalue weighted by Crippen LogP contribution is 2.38. The molecule has 5 heterocycles. The molecule has 9 N–H and O–H groups in total. The van der Waals surface area contributed by atoms with E-state index < -0.39 is 48.9 Å². The Morgan fingerprint density at radius 1 is 0.947 bits per heavy atom. The van der Waals surface area contributed by atoms with Crippen LogP contribution in [0.4, 0.5) is 27.0 Å². The number of nitrogens with zero attached hydrogens (tertiary/aromatic N) is 7. The van der Waals surface area contributed by atoms with Crippen molar-refractivity contribution in [3.8, 4) is 11.5 Å². The molecule has 0 radical (unpaired) electrons. The highest BCUT2D eigenvalue weighted by atomic mass is 16.3. The third-order valence-corrected chi connectivity index (χ3v) is 10.7. The van der Waals surface area contributed by atoms with Crippen LogP contribution in [0.25, 0.3) is 11.2 Å². The number of phenolic OH excluding ortho intramolecular Hbond substituents is 2. The Hall–Kier alpha value is -6.57. The van der Waals surface area contributed by atoms with Gasteiger partial charge in [0.05, 0.1) is 36.9 Å². The Morgan fingerprint density at radius 2 is 1.65 bits per heavy atom. The summed E-state index contributed by atoms with van der Waals surface area (Å²) in [5.41, 5.74) is 2.95.